The van der Waals surface area contributed by atoms with E-state index in [1.807, 2.05) is 19.3 Å². The van der Waals surface area contributed by atoms with Gasteiger partial charge in [0.15, 0.2) is 0 Å². The molecule has 98 valence electrons. The topological polar surface area (TPSA) is 50.1 Å². The fourth-order valence-electron chi connectivity index (χ4n) is 1.91. The number of aliphatic hydroxyl groups excluding tert-OH is 1. The van der Waals surface area contributed by atoms with E-state index in [1.165, 1.54) is 0 Å². The third kappa shape index (κ3) is 5.33. The van der Waals surface area contributed by atoms with E-state index in [2.05, 4.69) is 28.7 Å². The lowest BCUT2D eigenvalue weighted by Gasteiger charge is -2.24. The summed E-state index contributed by atoms with van der Waals surface area (Å²) in [4.78, 5) is 4.19. The summed E-state index contributed by atoms with van der Waals surface area (Å²) < 4.78 is 2.15. The third-order valence-electron chi connectivity index (χ3n) is 3.07. The summed E-state index contributed by atoms with van der Waals surface area (Å²) in [5.41, 5.74) is 0.257. The van der Waals surface area contributed by atoms with Crippen LogP contribution in [0.1, 0.15) is 32.5 Å². The molecule has 1 aromatic heterocycles. The Labute approximate surface area is 104 Å². The molecule has 0 aliphatic rings. The lowest BCUT2D eigenvalue weighted by atomic mass is 9.88. The van der Waals surface area contributed by atoms with E-state index in [9.17, 15) is 0 Å². The molecule has 0 bridgehead atoms. The monoisotopic (exact) mass is 239 g/mol. The quantitative estimate of drug-likeness (QED) is 0.677. The van der Waals surface area contributed by atoms with Crippen LogP contribution in [0.25, 0.3) is 0 Å². The molecule has 4 nitrogen and oxygen atoms in total. The van der Waals surface area contributed by atoms with Gasteiger partial charge in [0.05, 0.1) is 0 Å². The fourth-order valence-corrected chi connectivity index (χ4v) is 1.91. The van der Waals surface area contributed by atoms with E-state index >= 15 is 0 Å². The van der Waals surface area contributed by atoms with Gasteiger partial charge in [-0.05, 0) is 25.2 Å². The van der Waals surface area contributed by atoms with Gasteiger partial charge in [0, 0.05) is 38.6 Å². The van der Waals surface area contributed by atoms with Crippen LogP contribution in [0.3, 0.4) is 0 Å². The maximum absolute atomic E-state index is 8.83. The first-order valence-corrected chi connectivity index (χ1v) is 6.34. The fraction of sp³-hybridized carbons (Fsp3) is 0.769. The molecule has 0 atom stereocenters. The molecule has 4 heteroatoms. The van der Waals surface area contributed by atoms with Crippen molar-refractivity contribution < 1.29 is 5.11 Å². The molecule has 1 rings (SSSR count). The zero-order valence-electron chi connectivity index (χ0n) is 11.2. The van der Waals surface area contributed by atoms with Crippen LogP contribution in [0, 0.1) is 12.3 Å². The van der Waals surface area contributed by atoms with E-state index in [0.29, 0.717) is 0 Å². The number of aryl methyl sites for hydroxylation is 1. The van der Waals surface area contributed by atoms with Gasteiger partial charge in [0.25, 0.3) is 0 Å². The number of hydrogen-bond acceptors (Lipinski definition) is 3. The van der Waals surface area contributed by atoms with Gasteiger partial charge in [-0.15, -0.1) is 0 Å². The highest BCUT2D eigenvalue weighted by molar-refractivity contribution is 4.88. The minimum atomic E-state index is 0.257. The number of aromatic nitrogens is 2. The Hall–Kier alpha value is -0.870. The molecule has 0 fully saturated rings. The predicted octanol–water partition coefficient (Wildman–Crippen LogP) is 1.58. The third-order valence-corrected chi connectivity index (χ3v) is 3.07. The standard InChI is InChI=1S/C13H25N3O/c1-12-15-7-9-16(12)8-6-14-11-13(2,3)5-4-10-17/h7,9,14,17H,4-6,8,10-11H2,1-3H3. The van der Waals surface area contributed by atoms with Gasteiger partial charge in [0.2, 0.25) is 0 Å². The molecule has 0 radical (unpaired) electrons. The van der Waals surface area contributed by atoms with Gasteiger partial charge in [-0.25, -0.2) is 4.98 Å². The number of nitrogens with one attached hydrogen (secondary N) is 1. The SMILES string of the molecule is Cc1nccn1CCNCC(C)(C)CCCO. The van der Waals surface area contributed by atoms with Gasteiger partial charge >= 0.3 is 0 Å². The second kappa shape index (κ2) is 6.77. The average Bonchev–Trinajstić information content (AvgIpc) is 2.68. The van der Waals surface area contributed by atoms with E-state index in [0.717, 1.165) is 38.3 Å². The molecule has 0 amide bonds. The first kappa shape index (κ1) is 14.2. The summed E-state index contributed by atoms with van der Waals surface area (Å²) in [6.45, 7) is 9.68. The van der Waals surface area contributed by atoms with E-state index < -0.39 is 0 Å². The zero-order valence-corrected chi connectivity index (χ0v) is 11.2. The van der Waals surface area contributed by atoms with Crippen LogP contribution in [0.2, 0.25) is 0 Å². The van der Waals surface area contributed by atoms with Crippen LogP contribution in [0.15, 0.2) is 12.4 Å². The number of imidazole rings is 1. The summed E-state index contributed by atoms with van der Waals surface area (Å²) >= 11 is 0. The number of hydrogen-bond donors (Lipinski definition) is 2. The maximum atomic E-state index is 8.83. The molecule has 17 heavy (non-hydrogen) atoms. The van der Waals surface area contributed by atoms with Gasteiger partial charge in [-0.1, -0.05) is 13.8 Å². The van der Waals surface area contributed by atoms with Crippen LogP contribution in [-0.2, 0) is 6.54 Å². The number of rotatable bonds is 8. The molecule has 0 unspecified atom stereocenters. The minimum Gasteiger partial charge on any atom is -0.396 e. The van der Waals surface area contributed by atoms with Gasteiger partial charge in [-0.2, -0.15) is 0 Å². The Kier molecular flexibility index (Phi) is 5.65. The highest BCUT2D eigenvalue weighted by Crippen LogP contribution is 2.20. The van der Waals surface area contributed by atoms with Crippen molar-refractivity contribution in [3.05, 3.63) is 18.2 Å². The first-order chi connectivity index (χ1) is 8.05. The summed E-state index contributed by atoms with van der Waals surface area (Å²) in [6, 6.07) is 0. The van der Waals surface area contributed by atoms with Crippen LogP contribution >= 0.6 is 0 Å². The van der Waals surface area contributed by atoms with Crippen LogP contribution in [-0.4, -0.2) is 34.4 Å². The van der Waals surface area contributed by atoms with Gasteiger partial charge < -0.3 is 15.0 Å². The Morgan fingerprint density at radius 2 is 2.24 bits per heavy atom. The Morgan fingerprint density at radius 1 is 1.47 bits per heavy atom. The molecule has 0 aromatic carbocycles. The lowest BCUT2D eigenvalue weighted by molar-refractivity contribution is 0.236. The maximum Gasteiger partial charge on any atom is 0.105 e. The lowest BCUT2D eigenvalue weighted by Crippen LogP contribution is -2.31. The van der Waals surface area contributed by atoms with Crippen molar-refractivity contribution in [3.8, 4) is 0 Å². The Balaban J connectivity index is 2.17. The van der Waals surface area contributed by atoms with Crippen LogP contribution < -0.4 is 5.32 Å². The minimum absolute atomic E-state index is 0.257. The molecule has 1 aromatic rings. The summed E-state index contributed by atoms with van der Waals surface area (Å²) in [5, 5.41) is 12.3. The van der Waals surface area contributed by atoms with Crippen molar-refractivity contribution in [2.24, 2.45) is 5.41 Å². The second-order valence-electron chi connectivity index (χ2n) is 5.34. The largest absolute Gasteiger partial charge is 0.396 e. The molecule has 0 saturated heterocycles. The normalized spacial score (nSPS) is 12.0. The molecule has 0 saturated carbocycles. The smallest absolute Gasteiger partial charge is 0.105 e. The van der Waals surface area contributed by atoms with Gasteiger partial charge in [-0.3, -0.25) is 0 Å². The van der Waals surface area contributed by atoms with Crippen molar-refractivity contribution in [2.45, 2.75) is 40.2 Å². The van der Waals surface area contributed by atoms with Crippen LogP contribution in [0.4, 0.5) is 0 Å². The summed E-state index contributed by atoms with van der Waals surface area (Å²) in [5.74, 6) is 1.06. The number of nitrogens with zero attached hydrogens (tertiary/aromatic N) is 2. The Morgan fingerprint density at radius 3 is 2.82 bits per heavy atom. The highest BCUT2D eigenvalue weighted by atomic mass is 16.2. The van der Waals surface area contributed by atoms with Gasteiger partial charge in [0.1, 0.15) is 5.82 Å². The molecule has 0 aliphatic carbocycles. The first-order valence-electron chi connectivity index (χ1n) is 6.34. The Bertz CT molecular complexity index is 320. The van der Waals surface area contributed by atoms with E-state index in [1.54, 1.807) is 0 Å². The van der Waals surface area contributed by atoms with Crippen LogP contribution in [0.5, 0.6) is 0 Å². The molecule has 1 heterocycles. The second-order valence-corrected chi connectivity index (χ2v) is 5.34. The van der Waals surface area contributed by atoms with E-state index in [-0.39, 0.29) is 12.0 Å². The average molecular weight is 239 g/mol. The highest BCUT2D eigenvalue weighted by Gasteiger charge is 2.16. The van der Waals surface area contributed by atoms with Crippen molar-refractivity contribution >= 4 is 0 Å². The van der Waals surface area contributed by atoms with E-state index in [4.69, 9.17) is 5.11 Å². The molecular formula is C13H25N3O. The molecule has 2 N–H and O–H groups in total. The molecular weight excluding hydrogens is 214 g/mol. The number of aliphatic hydroxyl groups is 1. The molecule has 0 spiro atoms. The van der Waals surface area contributed by atoms with Crippen molar-refractivity contribution in [1.29, 1.82) is 0 Å². The van der Waals surface area contributed by atoms with Crippen molar-refractivity contribution in [3.63, 3.8) is 0 Å². The zero-order chi connectivity index (χ0) is 12.7. The summed E-state index contributed by atoms with van der Waals surface area (Å²) in [7, 11) is 0. The summed E-state index contributed by atoms with van der Waals surface area (Å²) in [6.07, 6.45) is 5.78. The van der Waals surface area contributed by atoms with Crippen molar-refractivity contribution in [2.75, 3.05) is 19.7 Å². The molecule has 0 aliphatic heterocycles. The van der Waals surface area contributed by atoms with Crippen molar-refractivity contribution in [1.82, 2.24) is 14.9 Å². The predicted molar refractivity (Wildman–Crippen MR) is 69.9 cm³/mol.